The van der Waals surface area contributed by atoms with Gasteiger partial charge in [-0.2, -0.15) is 5.26 Å². The Labute approximate surface area is 146 Å². The molecule has 1 N–H and O–H groups in total. The number of halogens is 1. The molecule has 2 rings (SSSR count). The van der Waals surface area contributed by atoms with Crippen LogP contribution in [0.3, 0.4) is 0 Å². The van der Waals surface area contributed by atoms with Crippen LogP contribution in [0.4, 0.5) is 5.69 Å². The van der Waals surface area contributed by atoms with Gasteiger partial charge in [0.1, 0.15) is 5.75 Å². The highest BCUT2D eigenvalue weighted by atomic mass is 35.5. The lowest BCUT2D eigenvalue weighted by molar-refractivity contribution is -0.117. The van der Waals surface area contributed by atoms with Crippen molar-refractivity contribution in [2.45, 2.75) is 6.54 Å². The number of anilines is 1. The van der Waals surface area contributed by atoms with E-state index in [4.69, 9.17) is 21.6 Å². The van der Waals surface area contributed by atoms with Gasteiger partial charge in [-0.15, -0.1) is 0 Å². The molecule has 0 aromatic heterocycles. The van der Waals surface area contributed by atoms with Crippen LogP contribution in [0.5, 0.6) is 5.75 Å². The molecule has 0 fully saturated rings. The maximum Gasteiger partial charge on any atom is 0.238 e. The second-order valence-corrected chi connectivity index (χ2v) is 5.77. The van der Waals surface area contributed by atoms with Crippen LogP contribution >= 0.6 is 11.6 Å². The summed E-state index contributed by atoms with van der Waals surface area (Å²) < 4.78 is 5.21. The van der Waals surface area contributed by atoms with Crippen molar-refractivity contribution in [3.8, 4) is 11.8 Å². The van der Waals surface area contributed by atoms with E-state index < -0.39 is 0 Å². The molecule has 0 saturated heterocycles. The molecule has 0 aliphatic heterocycles. The summed E-state index contributed by atoms with van der Waals surface area (Å²) in [6.07, 6.45) is 0. The van der Waals surface area contributed by atoms with E-state index in [1.54, 1.807) is 24.3 Å². The average Bonchev–Trinajstić information content (AvgIpc) is 2.55. The minimum atomic E-state index is -0.187. The Hall–Kier alpha value is -2.55. The molecule has 0 atom stereocenters. The van der Waals surface area contributed by atoms with Crippen molar-refractivity contribution in [3.63, 3.8) is 0 Å². The standard InChI is InChI=1S/C18H18ClN3O2/c1-22(11-14-6-4-3-5-13(14)10-20)12-18(23)21-16-9-15(19)7-8-17(16)24-2/h3-9H,11-12H2,1-2H3,(H,21,23). The number of rotatable bonds is 6. The van der Waals surface area contributed by atoms with Crippen LogP contribution in [0.25, 0.3) is 0 Å². The highest BCUT2D eigenvalue weighted by Gasteiger charge is 2.12. The summed E-state index contributed by atoms with van der Waals surface area (Å²) in [5.74, 6) is 0.359. The van der Waals surface area contributed by atoms with Crippen molar-refractivity contribution in [3.05, 3.63) is 58.6 Å². The van der Waals surface area contributed by atoms with E-state index in [0.717, 1.165) is 5.56 Å². The number of nitrogens with zero attached hydrogens (tertiary/aromatic N) is 2. The fourth-order valence-corrected chi connectivity index (χ4v) is 2.50. The number of methoxy groups -OCH3 is 1. The first-order chi connectivity index (χ1) is 11.5. The molecular formula is C18H18ClN3O2. The van der Waals surface area contributed by atoms with E-state index >= 15 is 0 Å². The van der Waals surface area contributed by atoms with Crippen molar-refractivity contribution in [1.29, 1.82) is 5.26 Å². The SMILES string of the molecule is COc1ccc(Cl)cc1NC(=O)CN(C)Cc1ccccc1C#N. The third-order valence-corrected chi connectivity index (χ3v) is 3.66. The van der Waals surface area contributed by atoms with Crippen LogP contribution in [-0.2, 0) is 11.3 Å². The van der Waals surface area contributed by atoms with Crippen molar-refractivity contribution in [2.75, 3.05) is 26.0 Å². The van der Waals surface area contributed by atoms with Crippen LogP contribution in [0.2, 0.25) is 5.02 Å². The number of nitrogens with one attached hydrogen (secondary N) is 1. The van der Waals surface area contributed by atoms with Gasteiger partial charge in [-0.25, -0.2) is 0 Å². The molecule has 2 aromatic carbocycles. The number of carbonyl (C=O) groups is 1. The molecule has 124 valence electrons. The Balaban J connectivity index is 2.00. The number of amides is 1. The fourth-order valence-electron chi connectivity index (χ4n) is 2.33. The largest absolute Gasteiger partial charge is 0.495 e. The molecule has 0 aliphatic carbocycles. The zero-order valence-corrected chi connectivity index (χ0v) is 14.3. The Morgan fingerprint density at radius 2 is 2.08 bits per heavy atom. The number of ether oxygens (including phenoxy) is 1. The maximum absolute atomic E-state index is 12.2. The number of carbonyl (C=O) groups excluding carboxylic acids is 1. The van der Waals surface area contributed by atoms with E-state index in [0.29, 0.717) is 28.6 Å². The normalized spacial score (nSPS) is 10.3. The topological polar surface area (TPSA) is 65.4 Å². The van der Waals surface area contributed by atoms with Gasteiger partial charge in [0, 0.05) is 11.6 Å². The molecule has 0 aliphatic rings. The van der Waals surface area contributed by atoms with Crippen molar-refractivity contribution in [2.24, 2.45) is 0 Å². The first kappa shape index (κ1) is 17.8. The molecular weight excluding hydrogens is 326 g/mol. The van der Waals surface area contributed by atoms with Gasteiger partial charge >= 0.3 is 0 Å². The highest BCUT2D eigenvalue weighted by molar-refractivity contribution is 6.31. The first-order valence-electron chi connectivity index (χ1n) is 7.33. The zero-order chi connectivity index (χ0) is 17.5. The summed E-state index contributed by atoms with van der Waals surface area (Å²) >= 11 is 5.96. The van der Waals surface area contributed by atoms with Gasteiger partial charge in [0.15, 0.2) is 0 Å². The van der Waals surface area contributed by atoms with E-state index in [-0.39, 0.29) is 12.5 Å². The minimum absolute atomic E-state index is 0.176. The lowest BCUT2D eigenvalue weighted by Crippen LogP contribution is -2.30. The van der Waals surface area contributed by atoms with E-state index in [1.807, 2.05) is 30.1 Å². The Morgan fingerprint density at radius 1 is 1.33 bits per heavy atom. The predicted molar refractivity (Wildman–Crippen MR) is 94.1 cm³/mol. The van der Waals surface area contributed by atoms with Gasteiger partial charge < -0.3 is 10.1 Å². The van der Waals surface area contributed by atoms with Crippen LogP contribution in [0.15, 0.2) is 42.5 Å². The zero-order valence-electron chi connectivity index (χ0n) is 13.5. The molecule has 1 amide bonds. The van der Waals surface area contributed by atoms with Crippen LogP contribution in [-0.4, -0.2) is 31.5 Å². The summed E-state index contributed by atoms with van der Waals surface area (Å²) in [4.78, 5) is 14.1. The predicted octanol–water partition coefficient (Wildman–Crippen LogP) is 3.29. The Kier molecular flexibility index (Phi) is 6.19. The molecule has 0 unspecified atom stereocenters. The summed E-state index contributed by atoms with van der Waals surface area (Å²) in [6.45, 7) is 0.680. The van der Waals surface area contributed by atoms with Gasteiger partial charge in [0.25, 0.3) is 0 Å². The molecule has 0 heterocycles. The van der Waals surface area contributed by atoms with Crippen molar-refractivity contribution < 1.29 is 9.53 Å². The molecule has 5 nitrogen and oxygen atoms in total. The summed E-state index contributed by atoms with van der Waals surface area (Å²) in [5, 5.41) is 12.4. The smallest absolute Gasteiger partial charge is 0.238 e. The second kappa shape index (κ2) is 8.34. The third kappa shape index (κ3) is 4.72. The third-order valence-electron chi connectivity index (χ3n) is 3.43. The fraction of sp³-hybridized carbons (Fsp3) is 0.222. The lowest BCUT2D eigenvalue weighted by atomic mass is 10.1. The molecule has 0 radical (unpaired) electrons. The number of likely N-dealkylation sites (N-methyl/N-ethyl adjacent to an activating group) is 1. The van der Waals surface area contributed by atoms with Gasteiger partial charge in [-0.1, -0.05) is 29.8 Å². The minimum Gasteiger partial charge on any atom is -0.495 e. The summed E-state index contributed by atoms with van der Waals surface area (Å²) in [7, 11) is 3.35. The van der Waals surface area contributed by atoms with Crippen LogP contribution < -0.4 is 10.1 Å². The highest BCUT2D eigenvalue weighted by Crippen LogP contribution is 2.27. The number of hydrogen-bond acceptors (Lipinski definition) is 4. The molecule has 0 spiro atoms. The maximum atomic E-state index is 12.2. The number of benzene rings is 2. The molecule has 24 heavy (non-hydrogen) atoms. The second-order valence-electron chi connectivity index (χ2n) is 5.33. The Morgan fingerprint density at radius 3 is 2.79 bits per heavy atom. The van der Waals surface area contributed by atoms with E-state index in [2.05, 4.69) is 11.4 Å². The number of hydrogen-bond donors (Lipinski definition) is 1. The van der Waals surface area contributed by atoms with Gasteiger partial charge in [-0.05, 0) is 36.9 Å². The average molecular weight is 344 g/mol. The van der Waals surface area contributed by atoms with Gasteiger partial charge in [0.05, 0.1) is 31.0 Å². The van der Waals surface area contributed by atoms with Gasteiger partial charge in [-0.3, -0.25) is 9.69 Å². The molecule has 6 heteroatoms. The van der Waals surface area contributed by atoms with Gasteiger partial charge in [0.2, 0.25) is 5.91 Å². The Bertz CT molecular complexity index is 771. The quantitative estimate of drug-likeness (QED) is 0.874. The molecule has 0 saturated carbocycles. The van der Waals surface area contributed by atoms with Crippen molar-refractivity contribution in [1.82, 2.24) is 4.90 Å². The van der Waals surface area contributed by atoms with Crippen LogP contribution in [0, 0.1) is 11.3 Å². The lowest BCUT2D eigenvalue weighted by Gasteiger charge is -2.18. The number of nitriles is 1. The van der Waals surface area contributed by atoms with Crippen LogP contribution in [0.1, 0.15) is 11.1 Å². The summed E-state index contributed by atoms with van der Waals surface area (Å²) in [5.41, 5.74) is 2.03. The summed E-state index contributed by atoms with van der Waals surface area (Å²) in [6, 6.07) is 14.5. The molecule has 2 aromatic rings. The first-order valence-corrected chi connectivity index (χ1v) is 7.71. The van der Waals surface area contributed by atoms with E-state index in [1.165, 1.54) is 7.11 Å². The monoisotopic (exact) mass is 343 g/mol. The molecule has 0 bridgehead atoms. The van der Waals surface area contributed by atoms with Crippen molar-refractivity contribution >= 4 is 23.2 Å². The van der Waals surface area contributed by atoms with E-state index in [9.17, 15) is 4.79 Å².